The lowest BCUT2D eigenvalue weighted by Crippen LogP contribution is -2.40. The molecule has 0 radical (unpaired) electrons. The number of methoxy groups -OCH3 is 2. The van der Waals surface area contributed by atoms with E-state index in [4.69, 9.17) is 34.0 Å². The highest BCUT2D eigenvalue weighted by Crippen LogP contribution is 2.33. The number of carbonyl (C=O) groups excluding carboxylic acids is 1. The minimum Gasteiger partial charge on any atom is -0.497 e. The monoisotopic (exact) mass is 961 g/mol. The van der Waals surface area contributed by atoms with Gasteiger partial charge in [-0.25, -0.2) is 24.7 Å². The van der Waals surface area contributed by atoms with E-state index in [-0.39, 0.29) is 18.2 Å². The summed E-state index contributed by atoms with van der Waals surface area (Å²) in [5, 5.41) is 23.8. The van der Waals surface area contributed by atoms with Crippen LogP contribution in [0.4, 0.5) is 0 Å². The van der Waals surface area contributed by atoms with Gasteiger partial charge in [0.05, 0.1) is 43.2 Å². The fourth-order valence-electron chi connectivity index (χ4n) is 7.46. The quantitative estimate of drug-likeness (QED) is 0.0688. The van der Waals surface area contributed by atoms with E-state index in [2.05, 4.69) is 59.7 Å². The molecular weight excluding hydrogens is 899 g/mol. The van der Waals surface area contributed by atoms with E-state index < -0.39 is 27.7 Å². The van der Waals surface area contributed by atoms with E-state index in [9.17, 15) is 14.7 Å². The largest absolute Gasteiger partial charge is 0.497 e. The predicted octanol–water partition coefficient (Wildman–Crippen LogP) is 8.84. The zero-order valence-corrected chi connectivity index (χ0v) is 43.4. The molecule has 0 fully saturated rings. The highest BCUT2D eigenvalue weighted by atomic mass is 28.3. The van der Waals surface area contributed by atoms with Gasteiger partial charge < -0.3 is 38.5 Å². The first-order chi connectivity index (χ1) is 32.0. The average molecular weight is 962 g/mol. The normalized spacial score (nSPS) is 12.2. The van der Waals surface area contributed by atoms with Crippen LogP contribution in [-0.2, 0) is 37.0 Å². The number of ether oxygens (including phenoxy) is 4. The number of carboxylic acids is 1. The first-order valence-corrected chi connectivity index (χ1v) is 29.9. The van der Waals surface area contributed by atoms with Crippen LogP contribution in [0, 0.1) is 0 Å². The number of fused-ring (bicyclic) bond motifs is 4. The Morgan fingerprint density at radius 2 is 1.10 bits per heavy atom. The molecule has 6 aromatic heterocycles. The lowest BCUT2D eigenvalue weighted by atomic mass is 10.1. The number of aryl methyl sites for hydroxylation is 2. The fourth-order valence-corrected chi connectivity index (χ4v) is 8.98. The summed E-state index contributed by atoms with van der Waals surface area (Å²) >= 11 is 0. The summed E-state index contributed by atoms with van der Waals surface area (Å²) in [4.78, 5) is 43.9. The van der Waals surface area contributed by atoms with Gasteiger partial charge in [0, 0.05) is 72.2 Å². The number of aromatic carboxylic acids is 1. The molecule has 0 bridgehead atoms. The van der Waals surface area contributed by atoms with Gasteiger partial charge in [0.25, 0.3) is 5.91 Å². The third-order valence-corrected chi connectivity index (χ3v) is 14.6. The summed E-state index contributed by atoms with van der Waals surface area (Å²) in [6.07, 6.45) is 6.63. The van der Waals surface area contributed by atoms with Crippen LogP contribution in [0.25, 0.3) is 66.9 Å². The van der Waals surface area contributed by atoms with Gasteiger partial charge in [-0.05, 0) is 69.3 Å². The van der Waals surface area contributed by atoms with Crippen molar-refractivity contribution < 1.29 is 33.6 Å². The van der Waals surface area contributed by atoms with Crippen LogP contribution in [0.1, 0.15) is 41.5 Å². The van der Waals surface area contributed by atoms with Gasteiger partial charge in [-0.2, -0.15) is 10.2 Å². The van der Waals surface area contributed by atoms with Crippen molar-refractivity contribution in [3.8, 4) is 34.3 Å². The standard InChI is InChI=1S/C26H36N6O3Si.C22H27N5O4Si/c1-26(2,3)29-25(33)19-15-32(16-35-11-12-36(6,7)8)24-23(19)28-20(14-27-24)22-18-13-17(34-5)9-10-21(18)31(4)30-22;1-26-18-7-6-14(30-2)10-15(18)19(25-26)17-11-23-21-20(24-17)16(22(28)29)12-27(21)13-31-8-9-32(3,4)5/h9-10,13-15H,11-12,16H2,1-8H3,(H,29,33);6-7,10-12H,8-9,13H2,1-5H3,(H,28,29). The molecule has 20 heteroatoms. The van der Waals surface area contributed by atoms with E-state index >= 15 is 0 Å². The molecule has 2 N–H and O–H groups in total. The molecule has 8 aromatic rings. The lowest BCUT2D eigenvalue weighted by Gasteiger charge is -2.20. The van der Waals surface area contributed by atoms with Crippen molar-refractivity contribution >= 4 is 72.2 Å². The molecule has 2 aromatic carbocycles. The first kappa shape index (κ1) is 49.4. The number of carbonyl (C=O) groups is 2. The second kappa shape index (κ2) is 19.6. The molecule has 0 aliphatic heterocycles. The minimum absolute atomic E-state index is 0.0842. The molecule has 0 saturated heterocycles. The Balaban J connectivity index is 0.000000203. The van der Waals surface area contributed by atoms with Crippen LogP contribution >= 0.6 is 0 Å². The SMILES string of the molecule is COc1ccc2c(c1)c(-c1cnc3c(n1)c(C(=O)NC(C)(C)C)cn3COCC[Si](C)(C)C)nn2C.COc1ccc2c(c1)c(-c1cnc3c(n1)c(C(=O)O)cn3COCC[Si](C)(C)C)nn2C. The number of benzene rings is 2. The van der Waals surface area contributed by atoms with Gasteiger partial charge in [-0.15, -0.1) is 0 Å². The van der Waals surface area contributed by atoms with Crippen molar-refractivity contribution in [2.24, 2.45) is 14.1 Å². The van der Waals surface area contributed by atoms with Crippen LogP contribution in [-0.4, -0.2) is 115 Å². The van der Waals surface area contributed by atoms with Crippen LogP contribution in [0.3, 0.4) is 0 Å². The molecule has 8 rings (SSSR count). The van der Waals surface area contributed by atoms with Crippen LogP contribution in [0.15, 0.2) is 61.2 Å². The fraction of sp³-hybridized carbons (Fsp3) is 0.417. The summed E-state index contributed by atoms with van der Waals surface area (Å²) < 4.78 is 29.7. The summed E-state index contributed by atoms with van der Waals surface area (Å²) in [7, 11) is 4.57. The van der Waals surface area contributed by atoms with Crippen molar-refractivity contribution in [1.29, 1.82) is 0 Å². The number of hydrogen-bond acceptors (Lipinski definition) is 12. The van der Waals surface area contributed by atoms with Crippen molar-refractivity contribution in [2.45, 2.75) is 91.1 Å². The maximum absolute atomic E-state index is 13.2. The molecule has 6 heterocycles. The Hall–Kier alpha value is -6.49. The second-order valence-electron chi connectivity index (χ2n) is 20.3. The van der Waals surface area contributed by atoms with E-state index in [1.165, 1.54) is 6.20 Å². The number of hydrogen-bond donors (Lipinski definition) is 2. The molecule has 1 amide bonds. The number of amides is 1. The van der Waals surface area contributed by atoms with Crippen molar-refractivity contribution in [3.05, 3.63) is 72.3 Å². The van der Waals surface area contributed by atoms with Crippen LogP contribution < -0.4 is 14.8 Å². The Kier molecular flexibility index (Phi) is 14.3. The Morgan fingerprint density at radius 3 is 1.50 bits per heavy atom. The van der Waals surface area contributed by atoms with Gasteiger partial charge in [0.2, 0.25) is 0 Å². The number of nitrogens with zero attached hydrogens (tertiary/aromatic N) is 10. The highest BCUT2D eigenvalue weighted by molar-refractivity contribution is 6.76. The molecule has 0 atom stereocenters. The number of rotatable bonds is 16. The van der Waals surface area contributed by atoms with Gasteiger partial charge in [-0.1, -0.05) is 39.3 Å². The number of carboxylic acid groups (broad SMARTS) is 1. The Bertz CT molecular complexity index is 3130. The van der Waals surface area contributed by atoms with E-state index in [1.807, 2.05) is 75.8 Å². The molecule has 0 spiro atoms. The molecule has 0 unspecified atom stereocenters. The lowest BCUT2D eigenvalue weighted by molar-refractivity contribution is 0.0695. The zero-order valence-electron chi connectivity index (χ0n) is 41.4. The summed E-state index contributed by atoms with van der Waals surface area (Å²) in [6, 6.07) is 13.6. The smallest absolute Gasteiger partial charge is 0.339 e. The van der Waals surface area contributed by atoms with Gasteiger partial charge in [-0.3, -0.25) is 14.2 Å². The molecule has 68 heavy (non-hydrogen) atoms. The van der Waals surface area contributed by atoms with E-state index in [0.717, 1.165) is 39.6 Å². The van der Waals surface area contributed by atoms with Crippen molar-refractivity contribution in [2.75, 3.05) is 27.4 Å². The molecule has 18 nitrogen and oxygen atoms in total. The maximum atomic E-state index is 13.2. The van der Waals surface area contributed by atoms with Crippen LogP contribution in [0.5, 0.6) is 11.5 Å². The Labute approximate surface area is 397 Å². The summed E-state index contributed by atoms with van der Waals surface area (Å²) in [6.45, 7) is 21.5. The predicted molar refractivity (Wildman–Crippen MR) is 270 cm³/mol. The first-order valence-electron chi connectivity index (χ1n) is 22.5. The van der Waals surface area contributed by atoms with Gasteiger partial charge >= 0.3 is 5.97 Å². The number of aromatic nitrogens is 10. The molecule has 0 aliphatic rings. The van der Waals surface area contributed by atoms with Crippen molar-refractivity contribution in [3.63, 3.8) is 0 Å². The molecule has 0 saturated carbocycles. The highest BCUT2D eigenvalue weighted by Gasteiger charge is 2.25. The van der Waals surface area contributed by atoms with E-state index in [1.54, 1.807) is 46.7 Å². The minimum atomic E-state index is -1.21. The zero-order chi connectivity index (χ0) is 49.3. The maximum Gasteiger partial charge on any atom is 0.339 e. The van der Waals surface area contributed by atoms with Gasteiger partial charge in [0.1, 0.15) is 64.3 Å². The van der Waals surface area contributed by atoms with Crippen LogP contribution in [0.2, 0.25) is 51.4 Å². The average Bonchev–Trinajstić information content (AvgIpc) is 4.02. The topological polar surface area (TPSA) is 200 Å². The van der Waals surface area contributed by atoms with Gasteiger partial charge in [0.15, 0.2) is 11.3 Å². The van der Waals surface area contributed by atoms with E-state index in [0.29, 0.717) is 76.4 Å². The number of nitrogens with one attached hydrogen (secondary N) is 1. The molecular formula is C48H63N11O7Si2. The second-order valence-corrected chi connectivity index (χ2v) is 31.5. The summed E-state index contributed by atoms with van der Waals surface area (Å²) in [5.74, 6) is 0.175. The molecule has 0 aliphatic carbocycles. The third-order valence-electron chi connectivity index (χ3n) is 11.1. The molecule has 360 valence electrons. The Morgan fingerprint density at radius 1 is 0.676 bits per heavy atom. The summed E-state index contributed by atoms with van der Waals surface area (Å²) in [5.41, 5.74) is 6.30. The van der Waals surface area contributed by atoms with Crippen molar-refractivity contribution in [1.82, 2.24) is 53.9 Å². The third kappa shape index (κ3) is 11.3.